The minimum atomic E-state index is -1.73. The summed E-state index contributed by atoms with van der Waals surface area (Å²) in [6, 6.07) is 7.44. The molecular weight excluding hydrogens is 480 g/mol. The van der Waals surface area contributed by atoms with E-state index >= 15 is 0 Å². The van der Waals surface area contributed by atoms with E-state index in [0.717, 1.165) is 23.7 Å². The van der Waals surface area contributed by atoms with Gasteiger partial charge in [0.2, 0.25) is 0 Å². The summed E-state index contributed by atoms with van der Waals surface area (Å²) in [5, 5.41) is 0. The smallest absolute Gasteiger partial charge is 4.00 e. The Morgan fingerprint density at radius 3 is 1.20 bits per heavy atom. The maximum absolute atomic E-state index is 11.7. The van der Waals surface area contributed by atoms with Crippen LogP contribution < -0.4 is 4.40 Å². The van der Waals surface area contributed by atoms with Crippen LogP contribution in [-0.4, -0.2) is 35.5 Å². The Kier molecular flexibility index (Phi) is 45.6. The van der Waals surface area contributed by atoms with Crippen LogP contribution in [0.1, 0.15) is 40.0 Å². The Labute approximate surface area is 150 Å². The summed E-state index contributed by atoms with van der Waals surface area (Å²) in [4.78, 5) is 0. The van der Waals surface area contributed by atoms with Crippen LogP contribution in [0.15, 0.2) is 24.3 Å². The van der Waals surface area contributed by atoms with Gasteiger partial charge < -0.3 is 17.2 Å². The molecule has 1 rings (SSSR count). The van der Waals surface area contributed by atoms with Crippen molar-refractivity contribution in [3.05, 3.63) is 41.5 Å². The van der Waals surface area contributed by atoms with Crippen molar-refractivity contribution < 1.29 is 29.3 Å². The quantitative estimate of drug-likeness (QED) is 0.425. The second-order valence-electron chi connectivity index (χ2n) is 3.68. The van der Waals surface area contributed by atoms with Crippen molar-refractivity contribution in [2.45, 2.75) is 40.0 Å². The zero-order chi connectivity index (χ0) is 15.4. The molecule has 20 heavy (non-hydrogen) atoms. The van der Waals surface area contributed by atoms with Gasteiger partial charge in [-0.2, -0.15) is 19.6 Å². The van der Waals surface area contributed by atoms with E-state index < -0.39 is 15.9 Å². The maximum atomic E-state index is 11.7. The molecule has 0 aliphatic carbocycles. The van der Waals surface area contributed by atoms with E-state index in [1.807, 2.05) is 45.0 Å². The van der Waals surface area contributed by atoms with Gasteiger partial charge in [-0.05, 0) is 0 Å². The second-order valence-corrected chi connectivity index (χ2v) is 5.95. The third kappa shape index (κ3) is 36.3. The van der Waals surface area contributed by atoms with Gasteiger partial charge in [0.1, 0.15) is 0 Å². The molecule has 0 aliphatic heterocycles. The second kappa shape index (κ2) is 31.8. The minimum absolute atomic E-state index is 0. The summed E-state index contributed by atoms with van der Waals surface area (Å²) in [6.45, 7) is 7.69. The Hall–Kier alpha value is 0.573. The Bertz CT molecular complexity index is 197. The normalized spacial score (nSPS) is 8.35. The van der Waals surface area contributed by atoms with E-state index in [1.165, 1.54) is 0 Å². The number of hydrogen-bond acceptors (Lipinski definition) is 0. The van der Waals surface area contributed by atoms with Crippen LogP contribution in [0.3, 0.4) is 0 Å². The predicted molar refractivity (Wildman–Crippen MR) is 89.8 cm³/mol. The van der Waals surface area contributed by atoms with E-state index in [2.05, 4.69) is 0 Å². The maximum Gasteiger partial charge on any atom is 4.00 e. The van der Waals surface area contributed by atoms with E-state index in [-0.39, 0.29) is 25.8 Å². The van der Waals surface area contributed by atoms with Gasteiger partial charge in [0.15, 0.2) is 0 Å². The molecule has 1 aromatic rings. The first-order valence-corrected chi connectivity index (χ1v) is 9.49. The fourth-order valence-corrected chi connectivity index (χ4v) is 1.45. The minimum Gasteiger partial charge on any atom is 4.00 e. The molecule has 0 saturated carbocycles. The molecule has 0 radical (unpaired) electrons. The molecule has 6 heteroatoms. The van der Waals surface area contributed by atoms with Crippen LogP contribution in [0.2, 0.25) is 0 Å². The number of rotatable bonds is 4. The molecule has 0 spiro atoms. The molecular formula is C14H30FGeHfN3. The van der Waals surface area contributed by atoms with Crippen molar-refractivity contribution in [2.24, 2.45) is 0 Å². The van der Waals surface area contributed by atoms with Crippen molar-refractivity contribution in [2.75, 3.05) is 19.6 Å². The average molecular weight is 511 g/mol. The summed E-state index contributed by atoms with van der Waals surface area (Å²) in [7, 11) is 0. The van der Waals surface area contributed by atoms with Gasteiger partial charge in [-0.1, -0.05) is 40.0 Å². The molecule has 0 aliphatic rings. The molecule has 0 aromatic heterocycles. The molecule has 116 valence electrons. The third-order valence-corrected chi connectivity index (χ3v) is 3.27. The molecule has 3 N–H and O–H groups in total. The first-order chi connectivity index (χ1) is 9.17. The largest absolute Gasteiger partial charge is 4.00 e. The van der Waals surface area contributed by atoms with E-state index in [0.29, 0.717) is 19.6 Å². The Balaban J connectivity index is -0.0000000881. The van der Waals surface area contributed by atoms with Crippen LogP contribution in [0.25, 0.3) is 17.2 Å². The molecule has 3 nitrogen and oxygen atoms in total. The first kappa shape index (κ1) is 28.7. The molecule has 1 aromatic carbocycles. The van der Waals surface area contributed by atoms with E-state index in [9.17, 15) is 3.50 Å². The summed E-state index contributed by atoms with van der Waals surface area (Å²) in [5.74, 6) is 0. The topological polar surface area (TPSA) is 71.4 Å². The van der Waals surface area contributed by atoms with Crippen LogP contribution in [0.5, 0.6) is 0 Å². The van der Waals surface area contributed by atoms with Crippen LogP contribution in [-0.2, 0) is 25.8 Å². The van der Waals surface area contributed by atoms with Crippen molar-refractivity contribution in [3.63, 3.8) is 0 Å². The van der Waals surface area contributed by atoms with Crippen LogP contribution in [0, 0.1) is 0 Å². The van der Waals surface area contributed by atoms with Gasteiger partial charge in [0.05, 0.1) is 0 Å². The average Bonchev–Trinajstić information content (AvgIpc) is 3.01. The molecule has 0 unspecified atom stereocenters. The fraction of sp³-hybridized carbons (Fsp3) is 0.643. The van der Waals surface area contributed by atoms with Gasteiger partial charge in [-0.25, -0.2) is 0 Å². The monoisotopic (exact) mass is 513 g/mol. The zero-order valence-electron chi connectivity index (χ0n) is 13.1. The van der Waals surface area contributed by atoms with Gasteiger partial charge in [0, 0.05) is 0 Å². The van der Waals surface area contributed by atoms with Gasteiger partial charge in [-0.3, -0.25) is 0 Å². The molecule has 0 saturated heterocycles. The SMILES string of the molecule is CCC[NH-].CCC[NH-].CCC[NH-].[F][GeH2][c-]1cccc1.[Hf+4]. The van der Waals surface area contributed by atoms with E-state index in [4.69, 9.17) is 17.2 Å². The fourth-order valence-electron chi connectivity index (χ4n) is 0.503. The number of nitrogens with one attached hydrogen (secondary N) is 3. The van der Waals surface area contributed by atoms with Gasteiger partial charge in [-0.15, -0.1) is 0 Å². The molecule has 0 fully saturated rings. The number of hydrogen-bond donors (Lipinski definition) is 0. The predicted octanol–water partition coefficient (Wildman–Crippen LogP) is 4.43. The third-order valence-electron chi connectivity index (χ3n) is 1.64. The summed E-state index contributed by atoms with van der Waals surface area (Å²) in [5.41, 5.74) is 19.4. The summed E-state index contributed by atoms with van der Waals surface area (Å²) in [6.07, 6.45) is 2.96. The van der Waals surface area contributed by atoms with Crippen molar-refractivity contribution in [1.29, 1.82) is 0 Å². The molecule has 0 amide bonds. The van der Waals surface area contributed by atoms with Crippen LogP contribution >= 0.6 is 0 Å². The summed E-state index contributed by atoms with van der Waals surface area (Å²) < 4.78 is 12.7. The summed E-state index contributed by atoms with van der Waals surface area (Å²) >= 11 is -1.73. The van der Waals surface area contributed by atoms with Crippen LogP contribution in [0.4, 0.5) is 3.50 Å². The zero-order valence-corrected chi connectivity index (χ0v) is 19.7. The van der Waals surface area contributed by atoms with Crippen molar-refractivity contribution >= 4 is 20.3 Å². The Morgan fingerprint density at radius 1 is 0.850 bits per heavy atom. The number of halogens is 1. The molecule has 0 atom stereocenters. The van der Waals surface area contributed by atoms with E-state index in [1.54, 1.807) is 0 Å². The standard InChI is InChI=1S/C5H6FGe.3C3H8N.Hf/c6-7-5-3-1-2-4-5;3*1-2-3-4;/h1-4H,7H2;3*4H,2-3H2,1H3;/q4*-1;+4. The van der Waals surface area contributed by atoms with Gasteiger partial charge in [0.25, 0.3) is 0 Å². The van der Waals surface area contributed by atoms with Crippen molar-refractivity contribution in [1.82, 2.24) is 0 Å². The van der Waals surface area contributed by atoms with Crippen molar-refractivity contribution in [3.8, 4) is 0 Å². The Morgan fingerprint density at radius 2 is 1.10 bits per heavy atom. The van der Waals surface area contributed by atoms with Gasteiger partial charge >= 0.3 is 73.9 Å². The molecule has 0 bridgehead atoms. The first-order valence-electron chi connectivity index (χ1n) is 6.88. The molecule has 0 heterocycles.